The minimum atomic E-state index is -1.06. The minimum absolute atomic E-state index is 0.0996. The van der Waals surface area contributed by atoms with E-state index in [2.05, 4.69) is 11.4 Å². The van der Waals surface area contributed by atoms with E-state index in [0.29, 0.717) is 6.42 Å². The number of benzene rings is 1. The number of fused-ring (bicyclic) bond motifs is 1. The highest BCUT2D eigenvalue weighted by atomic mass is 16.1. The molecule has 0 spiro atoms. The molecule has 0 amide bonds. The van der Waals surface area contributed by atoms with Crippen LogP contribution in [0.2, 0.25) is 0 Å². The Morgan fingerprint density at radius 3 is 2.95 bits per heavy atom. The van der Waals surface area contributed by atoms with Crippen LogP contribution < -0.4 is 5.32 Å². The van der Waals surface area contributed by atoms with Crippen LogP contribution in [0.3, 0.4) is 0 Å². The normalized spacial score (nSPS) is 26.4. The summed E-state index contributed by atoms with van der Waals surface area (Å²) in [6.07, 6.45) is 11.4. The van der Waals surface area contributed by atoms with Gasteiger partial charge in [-0.15, -0.1) is 0 Å². The van der Waals surface area contributed by atoms with Crippen molar-refractivity contribution in [3.8, 4) is 6.07 Å². The molecule has 3 heteroatoms. The molecule has 0 saturated heterocycles. The first-order valence-electron chi connectivity index (χ1n) is 6.58. The van der Waals surface area contributed by atoms with Gasteiger partial charge >= 0.3 is 0 Å². The molecule has 0 radical (unpaired) electrons. The number of Topliss-reactive ketones (excluding diaryl/α,β-unsaturated/α-hetero) is 1. The highest BCUT2D eigenvalue weighted by Crippen LogP contribution is 2.35. The van der Waals surface area contributed by atoms with Crippen molar-refractivity contribution in [3.05, 3.63) is 65.9 Å². The summed E-state index contributed by atoms with van der Waals surface area (Å²) in [6, 6.07) is 9.49. The average molecular weight is 262 g/mol. The number of nitrogens with zero attached hydrogens (tertiary/aromatic N) is 1. The molecule has 1 aliphatic heterocycles. The Kier molecular flexibility index (Phi) is 3.00. The lowest BCUT2D eigenvalue weighted by atomic mass is 9.74. The number of allylic oxidation sites excluding steroid dienone is 4. The second-order valence-corrected chi connectivity index (χ2v) is 5.00. The zero-order valence-corrected chi connectivity index (χ0v) is 10.9. The molecular weight excluding hydrogens is 248 g/mol. The first-order valence-corrected chi connectivity index (χ1v) is 6.58. The van der Waals surface area contributed by atoms with Gasteiger partial charge in [0.05, 0.1) is 6.07 Å². The standard InChI is InChI=1S/C17H14N2O/c18-12-17(9-4-1-5-10-17)16(20)15-14-7-3-2-6-13(14)8-11-19-15/h1-9,11,15,19H,10H2. The van der Waals surface area contributed by atoms with Crippen molar-refractivity contribution in [2.24, 2.45) is 5.41 Å². The lowest BCUT2D eigenvalue weighted by Gasteiger charge is -2.30. The van der Waals surface area contributed by atoms with Crippen LogP contribution in [-0.4, -0.2) is 5.78 Å². The molecule has 0 fully saturated rings. The lowest BCUT2D eigenvalue weighted by molar-refractivity contribution is -0.126. The molecule has 3 nitrogen and oxygen atoms in total. The van der Waals surface area contributed by atoms with Crippen LogP contribution in [0, 0.1) is 16.7 Å². The Bertz CT molecular complexity index is 678. The maximum absolute atomic E-state index is 12.9. The first-order chi connectivity index (χ1) is 9.77. The zero-order chi connectivity index (χ0) is 14.0. The van der Waals surface area contributed by atoms with Crippen molar-refractivity contribution in [1.29, 1.82) is 5.26 Å². The van der Waals surface area contributed by atoms with Gasteiger partial charge in [0.25, 0.3) is 0 Å². The fourth-order valence-corrected chi connectivity index (χ4v) is 2.67. The van der Waals surface area contributed by atoms with Crippen LogP contribution in [0.15, 0.2) is 54.8 Å². The number of nitriles is 1. The molecule has 2 unspecified atom stereocenters. The third-order valence-corrected chi connectivity index (χ3v) is 3.80. The average Bonchev–Trinajstić information content (AvgIpc) is 2.54. The molecule has 0 saturated carbocycles. The number of hydrogen-bond donors (Lipinski definition) is 1. The van der Waals surface area contributed by atoms with E-state index in [9.17, 15) is 10.1 Å². The summed E-state index contributed by atoms with van der Waals surface area (Å²) in [5.41, 5.74) is 0.885. The number of carbonyl (C=O) groups is 1. The SMILES string of the molecule is N#CC1(C(=O)C2NC=Cc3ccccc32)C=CC=CC1. The van der Waals surface area contributed by atoms with Crippen molar-refractivity contribution < 1.29 is 4.79 Å². The summed E-state index contributed by atoms with van der Waals surface area (Å²) in [5, 5.41) is 12.6. The van der Waals surface area contributed by atoms with E-state index in [0.717, 1.165) is 11.1 Å². The van der Waals surface area contributed by atoms with Gasteiger partial charge in [-0.3, -0.25) is 4.79 Å². The van der Waals surface area contributed by atoms with Crippen molar-refractivity contribution in [2.75, 3.05) is 0 Å². The monoisotopic (exact) mass is 262 g/mol. The maximum atomic E-state index is 12.9. The molecule has 0 bridgehead atoms. The molecule has 2 atom stereocenters. The Morgan fingerprint density at radius 1 is 1.35 bits per heavy atom. The molecule has 1 N–H and O–H groups in total. The van der Waals surface area contributed by atoms with E-state index >= 15 is 0 Å². The van der Waals surface area contributed by atoms with E-state index in [-0.39, 0.29) is 5.78 Å². The molecule has 1 aromatic carbocycles. The summed E-state index contributed by atoms with van der Waals surface area (Å²) < 4.78 is 0. The maximum Gasteiger partial charge on any atom is 0.183 e. The van der Waals surface area contributed by atoms with Crippen LogP contribution in [0.5, 0.6) is 0 Å². The molecule has 2 aliphatic rings. The van der Waals surface area contributed by atoms with Crippen LogP contribution in [-0.2, 0) is 4.79 Å². The van der Waals surface area contributed by atoms with Gasteiger partial charge in [0, 0.05) is 0 Å². The third kappa shape index (κ3) is 1.86. The largest absolute Gasteiger partial charge is 0.378 e. The quantitative estimate of drug-likeness (QED) is 0.891. The van der Waals surface area contributed by atoms with E-state index in [4.69, 9.17) is 0 Å². The number of carbonyl (C=O) groups excluding carboxylic acids is 1. The molecule has 1 aromatic rings. The van der Waals surface area contributed by atoms with Gasteiger partial charge in [0.2, 0.25) is 0 Å². The van der Waals surface area contributed by atoms with E-state index in [1.54, 1.807) is 18.4 Å². The summed E-state index contributed by atoms with van der Waals surface area (Å²) >= 11 is 0. The first kappa shape index (κ1) is 12.4. The molecular formula is C17H14N2O. The van der Waals surface area contributed by atoms with Gasteiger partial charge in [-0.25, -0.2) is 0 Å². The van der Waals surface area contributed by atoms with Gasteiger partial charge in [0.15, 0.2) is 5.78 Å². The van der Waals surface area contributed by atoms with Gasteiger partial charge < -0.3 is 5.32 Å². The number of ketones is 1. The molecule has 3 rings (SSSR count). The smallest absolute Gasteiger partial charge is 0.183 e. The van der Waals surface area contributed by atoms with Gasteiger partial charge in [-0.05, 0) is 29.8 Å². The van der Waals surface area contributed by atoms with E-state index in [1.165, 1.54) is 0 Å². The summed E-state index contributed by atoms with van der Waals surface area (Å²) in [4.78, 5) is 12.9. The number of nitrogens with one attached hydrogen (secondary N) is 1. The van der Waals surface area contributed by atoms with Crippen LogP contribution in [0.4, 0.5) is 0 Å². The highest BCUT2D eigenvalue weighted by molar-refractivity contribution is 5.96. The Labute approximate surface area is 117 Å². The topological polar surface area (TPSA) is 52.9 Å². The van der Waals surface area contributed by atoms with E-state index < -0.39 is 11.5 Å². The molecule has 1 aliphatic carbocycles. The Balaban J connectivity index is 2.00. The van der Waals surface area contributed by atoms with Crippen LogP contribution in [0.25, 0.3) is 6.08 Å². The molecule has 0 aromatic heterocycles. The molecule has 1 heterocycles. The summed E-state index contributed by atoms with van der Waals surface area (Å²) in [7, 11) is 0. The Hall–Kier alpha value is -2.60. The van der Waals surface area contributed by atoms with Crippen LogP contribution in [0.1, 0.15) is 23.6 Å². The molecule has 98 valence electrons. The fraction of sp³-hybridized carbons (Fsp3) is 0.176. The van der Waals surface area contributed by atoms with Crippen LogP contribution >= 0.6 is 0 Å². The lowest BCUT2D eigenvalue weighted by Crippen LogP contribution is -2.38. The fourth-order valence-electron chi connectivity index (χ4n) is 2.67. The highest BCUT2D eigenvalue weighted by Gasteiger charge is 2.41. The minimum Gasteiger partial charge on any atom is -0.378 e. The van der Waals surface area contributed by atoms with E-state index in [1.807, 2.05) is 42.5 Å². The summed E-state index contributed by atoms with van der Waals surface area (Å²) in [6.45, 7) is 0. The second kappa shape index (κ2) is 4.82. The van der Waals surface area contributed by atoms with Crippen molar-refractivity contribution >= 4 is 11.9 Å². The zero-order valence-electron chi connectivity index (χ0n) is 10.9. The number of rotatable bonds is 2. The van der Waals surface area contributed by atoms with Gasteiger partial charge in [-0.2, -0.15) is 5.26 Å². The van der Waals surface area contributed by atoms with Gasteiger partial charge in [-0.1, -0.05) is 48.6 Å². The molecule has 20 heavy (non-hydrogen) atoms. The second-order valence-electron chi connectivity index (χ2n) is 5.00. The van der Waals surface area contributed by atoms with Crippen molar-refractivity contribution in [3.63, 3.8) is 0 Å². The number of hydrogen-bond acceptors (Lipinski definition) is 3. The predicted molar refractivity (Wildman–Crippen MR) is 77.3 cm³/mol. The van der Waals surface area contributed by atoms with Crippen molar-refractivity contribution in [2.45, 2.75) is 12.5 Å². The predicted octanol–water partition coefficient (Wildman–Crippen LogP) is 2.90. The summed E-state index contributed by atoms with van der Waals surface area (Å²) in [5.74, 6) is -0.0996. The van der Waals surface area contributed by atoms with Gasteiger partial charge in [0.1, 0.15) is 11.5 Å². The van der Waals surface area contributed by atoms with Crippen molar-refractivity contribution in [1.82, 2.24) is 5.32 Å². The Morgan fingerprint density at radius 2 is 2.20 bits per heavy atom. The third-order valence-electron chi connectivity index (χ3n) is 3.80.